The molecule has 3 fully saturated rings. The minimum atomic E-state index is -4.43. The second kappa shape index (κ2) is 11.2. The van der Waals surface area contributed by atoms with Gasteiger partial charge in [0.15, 0.2) is 0 Å². The van der Waals surface area contributed by atoms with E-state index in [1.807, 2.05) is 4.68 Å². The van der Waals surface area contributed by atoms with Crippen LogP contribution >= 0.6 is 0 Å². The van der Waals surface area contributed by atoms with Crippen LogP contribution in [0.2, 0.25) is 0 Å². The Kier molecular flexibility index (Phi) is 7.92. The third-order valence-corrected chi connectivity index (χ3v) is 8.31. The number of amides is 3. The molecule has 8 nitrogen and oxygen atoms in total. The Hall–Kier alpha value is -3.37. The molecule has 5 rings (SSSR count). The summed E-state index contributed by atoms with van der Waals surface area (Å²) in [6.07, 6.45) is 0.997. The molecule has 11 heteroatoms. The highest BCUT2D eigenvalue weighted by Gasteiger charge is 2.40. The Morgan fingerprint density at radius 3 is 2.30 bits per heavy atom. The molecule has 216 valence electrons. The van der Waals surface area contributed by atoms with Crippen molar-refractivity contribution < 1.29 is 27.6 Å². The summed E-state index contributed by atoms with van der Waals surface area (Å²) in [4.78, 5) is 41.4. The normalized spacial score (nSPS) is 20.3. The van der Waals surface area contributed by atoms with E-state index in [2.05, 4.69) is 10.4 Å². The van der Waals surface area contributed by atoms with E-state index in [1.54, 1.807) is 35.9 Å². The van der Waals surface area contributed by atoms with Crippen molar-refractivity contribution in [1.82, 2.24) is 24.9 Å². The molecule has 2 aliphatic heterocycles. The van der Waals surface area contributed by atoms with Crippen molar-refractivity contribution in [2.75, 3.05) is 32.7 Å². The quantitative estimate of drug-likeness (QED) is 0.547. The van der Waals surface area contributed by atoms with Gasteiger partial charge in [-0.2, -0.15) is 18.3 Å². The molecule has 1 N–H and O–H groups in total. The van der Waals surface area contributed by atoms with Crippen LogP contribution in [0.5, 0.6) is 0 Å². The summed E-state index contributed by atoms with van der Waals surface area (Å²) < 4.78 is 42.7. The van der Waals surface area contributed by atoms with E-state index in [4.69, 9.17) is 0 Å². The van der Waals surface area contributed by atoms with Gasteiger partial charge in [0.1, 0.15) is 0 Å². The smallest absolute Gasteiger partial charge is 0.347 e. The number of carbonyl (C=O) groups excluding carboxylic acids is 3. The highest BCUT2D eigenvalue weighted by atomic mass is 19.4. The first-order valence-electron chi connectivity index (χ1n) is 14.1. The fourth-order valence-corrected chi connectivity index (χ4v) is 5.91. The number of alkyl halides is 3. The molecule has 1 atom stereocenters. The van der Waals surface area contributed by atoms with Crippen molar-refractivity contribution in [1.29, 1.82) is 0 Å². The first-order valence-corrected chi connectivity index (χ1v) is 14.1. The van der Waals surface area contributed by atoms with Gasteiger partial charge in [-0.3, -0.25) is 19.1 Å². The van der Waals surface area contributed by atoms with E-state index in [9.17, 15) is 27.6 Å². The second-order valence-corrected chi connectivity index (χ2v) is 11.5. The number of rotatable bonds is 7. The highest BCUT2D eigenvalue weighted by Crippen LogP contribution is 2.44. The van der Waals surface area contributed by atoms with Gasteiger partial charge in [0.2, 0.25) is 11.8 Å². The van der Waals surface area contributed by atoms with Crippen molar-refractivity contribution in [3.63, 3.8) is 0 Å². The average molecular weight is 560 g/mol. The van der Waals surface area contributed by atoms with E-state index in [1.165, 1.54) is 12.1 Å². The Morgan fingerprint density at radius 1 is 0.975 bits per heavy atom. The van der Waals surface area contributed by atoms with Gasteiger partial charge >= 0.3 is 6.18 Å². The van der Waals surface area contributed by atoms with E-state index >= 15 is 0 Å². The van der Waals surface area contributed by atoms with Gasteiger partial charge in [-0.25, -0.2) is 0 Å². The van der Waals surface area contributed by atoms with Crippen LogP contribution in [-0.2, 0) is 15.8 Å². The summed E-state index contributed by atoms with van der Waals surface area (Å²) in [5.74, 6) is -0.737. The van der Waals surface area contributed by atoms with Crippen LogP contribution in [0.1, 0.15) is 91.0 Å². The first kappa shape index (κ1) is 28.2. The Morgan fingerprint density at radius 2 is 1.65 bits per heavy atom. The lowest BCUT2D eigenvalue weighted by molar-refractivity contribution is -0.138. The third kappa shape index (κ3) is 5.88. The molecule has 3 aliphatic rings. The summed E-state index contributed by atoms with van der Waals surface area (Å²) in [5.41, 5.74) is 1.07. The van der Waals surface area contributed by atoms with Crippen LogP contribution in [0.3, 0.4) is 0 Å². The van der Waals surface area contributed by atoms with Gasteiger partial charge in [0.25, 0.3) is 5.91 Å². The molecule has 1 aliphatic carbocycles. The second-order valence-electron chi connectivity index (χ2n) is 11.5. The van der Waals surface area contributed by atoms with Gasteiger partial charge in [0.05, 0.1) is 35.6 Å². The largest absolute Gasteiger partial charge is 0.416 e. The minimum Gasteiger partial charge on any atom is -0.347 e. The number of nitrogens with one attached hydrogen (secondary N) is 1. The Labute approximate surface area is 231 Å². The number of halogens is 3. The van der Waals surface area contributed by atoms with Crippen LogP contribution in [0.25, 0.3) is 0 Å². The first-order chi connectivity index (χ1) is 19.0. The predicted octanol–water partition coefficient (Wildman–Crippen LogP) is 4.34. The number of likely N-dealkylation sites (tertiary alicyclic amines) is 2. The maximum absolute atomic E-state index is 13.6. The van der Waals surface area contributed by atoms with Crippen LogP contribution in [0.15, 0.2) is 30.5 Å². The van der Waals surface area contributed by atoms with Gasteiger partial charge in [-0.15, -0.1) is 0 Å². The van der Waals surface area contributed by atoms with Crippen LogP contribution in [0.4, 0.5) is 13.2 Å². The van der Waals surface area contributed by atoms with E-state index in [0.717, 1.165) is 24.6 Å². The molecule has 1 aromatic heterocycles. The standard InChI is InChI=1S/C29H36F3N5O3/c1-18(2)27(39)33-16-25(38)35-13-10-21(11-14-35)37-26(19-7-8-19)23(15-34-37)28(40)36-12-9-20(17-36)22-5-3-4-6-24(22)29(30,31)32/h3-6,15,18-21H,7-14,16-17H2,1-2H3,(H,33,39)/t20-/m1/s1. The lowest BCUT2D eigenvalue weighted by Gasteiger charge is -2.33. The summed E-state index contributed by atoms with van der Waals surface area (Å²) in [6.45, 7) is 5.27. The number of hydrogen-bond acceptors (Lipinski definition) is 4. The van der Waals surface area contributed by atoms with Crippen molar-refractivity contribution in [2.45, 2.75) is 70.0 Å². The summed E-state index contributed by atoms with van der Waals surface area (Å²) in [6, 6.07) is 5.69. The molecule has 3 amide bonds. The summed E-state index contributed by atoms with van der Waals surface area (Å²) >= 11 is 0. The van der Waals surface area contributed by atoms with Crippen molar-refractivity contribution in [3.8, 4) is 0 Å². The molecule has 40 heavy (non-hydrogen) atoms. The number of benzene rings is 1. The zero-order valence-electron chi connectivity index (χ0n) is 22.9. The van der Waals surface area contributed by atoms with E-state index in [-0.39, 0.29) is 60.2 Å². The van der Waals surface area contributed by atoms with Crippen molar-refractivity contribution in [2.24, 2.45) is 5.92 Å². The molecule has 0 bridgehead atoms. The molecule has 3 heterocycles. The van der Waals surface area contributed by atoms with Crippen molar-refractivity contribution >= 4 is 17.7 Å². The van der Waals surface area contributed by atoms with Crippen LogP contribution in [0, 0.1) is 5.92 Å². The van der Waals surface area contributed by atoms with Gasteiger partial charge in [-0.05, 0) is 43.7 Å². The maximum Gasteiger partial charge on any atom is 0.416 e. The lowest BCUT2D eigenvalue weighted by Crippen LogP contribution is -2.45. The molecular formula is C29H36F3N5O3. The molecule has 0 unspecified atom stereocenters. The molecule has 0 radical (unpaired) electrons. The predicted molar refractivity (Wildman–Crippen MR) is 142 cm³/mol. The van der Waals surface area contributed by atoms with Gasteiger partial charge < -0.3 is 15.1 Å². The number of piperidine rings is 1. The Bertz CT molecular complexity index is 1260. The fourth-order valence-electron chi connectivity index (χ4n) is 5.91. The van der Waals surface area contributed by atoms with Gasteiger partial charge in [0, 0.05) is 43.9 Å². The fraction of sp³-hybridized carbons (Fsp3) is 0.586. The third-order valence-electron chi connectivity index (χ3n) is 8.31. The lowest BCUT2D eigenvalue weighted by atomic mass is 9.93. The molecular weight excluding hydrogens is 523 g/mol. The van der Waals surface area contributed by atoms with Crippen molar-refractivity contribution in [3.05, 3.63) is 52.8 Å². The number of carbonyl (C=O) groups is 3. The summed E-state index contributed by atoms with van der Waals surface area (Å²) in [7, 11) is 0. The number of hydrogen-bond donors (Lipinski definition) is 1. The average Bonchev–Trinajstić information content (AvgIpc) is 3.48. The zero-order chi connectivity index (χ0) is 28.6. The van der Waals surface area contributed by atoms with E-state index in [0.29, 0.717) is 44.5 Å². The molecule has 0 spiro atoms. The van der Waals surface area contributed by atoms with E-state index < -0.39 is 11.7 Å². The molecule has 1 aromatic carbocycles. The maximum atomic E-state index is 13.6. The zero-order valence-corrected chi connectivity index (χ0v) is 22.9. The molecule has 1 saturated carbocycles. The van der Waals surface area contributed by atoms with Crippen LogP contribution in [-0.4, -0.2) is 70.0 Å². The Balaban J connectivity index is 1.25. The highest BCUT2D eigenvalue weighted by molar-refractivity contribution is 5.95. The van der Waals surface area contributed by atoms with Crippen LogP contribution < -0.4 is 5.32 Å². The molecule has 2 aromatic rings. The number of nitrogens with zero attached hydrogens (tertiary/aromatic N) is 4. The summed E-state index contributed by atoms with van der Waals surface area (Å²) in [5, 5.41) is 7.30. The SMILES string of the molecule is CC(C)C(=O)NCC(=O)N1CCC(n2ncc(C(=O)N3CC[C@@H](c4ccccc4C(F)(F)F)C3)c2C2CC2)CC1. The topological polar surface area (TPSA) is 87.5 Å². The minimum absolute atomic E-state index is 0.0142. The monoisotopic (exact) mass is 559 g/mol. The number of aromatic nitrogens is 2. The van der Waals surface area contributed by atoms with Gasteiger partial charge in [-0.1, -0.05) is 32.0 Å². The molecule has 2 saturated heterocycles.